The van der Waals surface area contributed by atoms with E-state index in [1.54, 1.807) is 0 Å². The van der Waals surface area contributed by atoms with Crippen molar-refractivity contribution in [2.75, 3.05) is 31.1 Å². The minimum absolute atomic E-state index is 0.116. The maximum Gasteiger partial charge on any atom is 0.240 e. The van der Waals surface area contributed by atoms with Gasteiger partial charge in [-0.1, -0.05) is 6.07 Å². The van der Waals surface area contributed by atoms with Gasteiger partial charge in [0, 0.05) is 43.8 Å². The summed E-state index contributed by atoms with van der Waals surface area (Å²) >= 11 is 0. The molecule has 32 heavy (non-hydrogen) atoms. The van der Waals surface area contributed by atoms with Crippen LogP contribution in [0.15, 0.2) is 18.3 Å². The van der Waals surface area contributed by atoms with Crippen LogP contribution in [0.5, 0.6) is 0 Å². The van der Waals surface area contributed by atoms with Gasteiger partial charge in [-0.3, -0.25) is 14.5 Å². The molecule has 4 bridgehead atoms. The van der Waals surface area contributed by atoms with Crippen molar-refractivity contribution in [3.05, 3.63) is 23.9 Å². The average molecular weight is 440 g/mol. The van der Waals surface area contributed by atoms with Gasteiger partial charge in [-0.15, -0.1) is 0 Å². The molecule has 2 amide bonds. The minimum Gasteiger partial charge on any atom is -0.369 e. The number of rotatable bonds is 5. The maximum atomic E-state index is 13.5. The van der Waals surface area contributed by atoms with Gasteiger partial charge in [0.1, 0.15) is 5.82 Å². The van der Waals surface area contributed by atoms with Crippen LogP contribution in [0.25, 0.3) is 0 Å². The van der Waals surface area contributed by atoms with Crippen molar-refractivity contribution in [3.8, 4) is 0 Å². The second-order valence-electron chi connectivity index (χ2n) is 11.3. The Morgan fingerprint density at radius 3 is 2.31 bits per heavy atom. The number of aryl methyl sites for hydroxylation is 1. The minimum atomic E-state index is -0.567. The summed E-state index contributed by atoms with van der Waals surface area (Å²) in [5, 5.41) is 3.45. The van der Waals surface area contributed by atoms with Gasteiger partial charge in [0.05, 0.1) is 5.54 Å². The van der Waals surface area contributed by atoms with E-state index < -0.39 is 5.54 Å². The van der Waals surface area contributed by atoms with Crippen molar-refractivity contribution < 1.29 is 9.59 Å². The van der Waals surface area contributed by atoms with Gasteiger partial charge in [0.2, 0.25) is 11.8 Å². The first-order valence-corrected chi connectivity index (χ1v) is 12.2. The highest BCUT2D eigenvalue weighted by Crippen LogP contribution is 2.60. The molecule has 0 spiro atoms. The molecule has 7 nitrogen and oxygen atoms in total. The Morgan fingerprint density at radius 1 is 1.09 bits per heavy atom. The molecule has 1 aromatic heterocycles. The Balaban J connectivity index is 1.21. The van der Waals surface area contributed by atoms with Crippen molar-refractivity contribution >= 4 is 17.6 Å². The highest BCUT2D eigenvalue weighted by atomic mass is 16.2. The van der Waals surface area contributed by atoms with Crippen LogP contribution in [0.2, 0.25) is 0 Å². The highest BCUT2D eigenvalue weighted by Gasteiger charge is 2.58. The molecule has 2 atom stereocenters. The number of primary amides is 1. The number of amides is 2. The van der Waals surface area contributed by atoms with E-state index in [0.717, 1.165) is 69.7 Å². The number of carbonyl (C=O) groups is 2. The van der Waals surface area contributed by atoms with Gasteiger partial charge in [0.25, 0.3) is 0 Å². The zero-order chi connectivity index (χ0) is 22.7. The molecule has 4 saturated carbocycles. The Hall–Kier alpha value is -2.15. The lowest BCUT2D eigenvalue weighted by Gasteiger charge is -2.59. The van der Waals surface area contributed by atoms with Crippen molar-refractivity contribution in [3.63, 3.8) is 0 Å². The zero-order valence-electron chi connectivity index (χ0n) is 19.6. The summed E-state index contributed by atoms with van der Waals surface area (Å²) in [6.07, 6.45) is 6.82. The molecular formula is C25H37N5O2. The second kappa shape index (κ2) is 7.72. The number of pyridine rings is 1. The van der Waals surface area contributed by atoms with Crippen molar-refractivity contribution in [2.45, 2.75) is 64.5 Å². The lowest BCUT2D eigenvalue weighted by molar-refractivity contribution is -0.149. The Bertz CT molecular complexity index is 874. The molecule has 1 aliphatic heterocycles. The average Bonchev–Trinajstić information content (AvgIpc) is 2.76. The third kappa shape index (κ3) is 3.58. The topological polar surface area (TPSA) is 91.6 Å². The van der Waals surface area contributed by atoms with E-state index in [4.69, 9.17) is 5.73 Å². The normalized spacial score (nSPS) is 34.5. The van der Waals surface area contributed by atoms with Gasteiger partial charge in [-0.2, -0.15) is 0 Å². The largest absolute Gasteiger partial charge is 0.369 e. The van der Waals surface area contributed by atoms with E-state index in [1.165, 1.54) is 0 Å². The van der Waals surface area contributed by atoms with Crippen LogP contribution in [0.4, 0.5) is 5.82 Å². The summed E-state index contributed by atoms with van der Waals surface area (Å²) < 4.78 is 0. The van der Waals surface area contributed by atoms with E-state index in [2.05, 4.69) is 32.2 Å². The Labute approximate surface area is 191 Å². The fraction of sp³-hybridized carbons (Fsp3) is 0.720. The van der Waals surface area contributed by atoms with Crippen molar-refractivity contribution in [2.24, 2.45) is 28.9 Å². The van der Waals surface area contributed by atoms with E-state index >= 15 is 0 Å². The summed E-state index contributed by atoms with van der Waals surface area (Å²) in [7, 11) is 0. The number of hydrogen-bond acceptors (Lipinski definition) is 5. The van der Waals surface area contributed by atoms with Crippen LogP contribution in [-0.4, -0.2) is 59.5 Å². The number of carbonyl (C=O) groups excluding carboxylic acids is 2. The first kappa shape index (κ1) is 21.7. The summed E-state index contributed by atoms with van der Waals surface area (Å²) in [6.45, 7) is 9.54. The first-order chi connectivity index (χ1) is 15.2. The fourth-order valence-corrected chi connectivity index (χ4v) is 7.17. The number of piperazine rings is 1. The first-order valence-electron chi connectivity index (χ1n) is 12.2. The molecule has 5 aliphatic rings. The lowest BCUT2D eigenvalue weighted by atomic mass is 9.47. The third-order valence-electron chi connectivity index (χ3n) is 8.94. The molecule has 3 N–H and O–H groups in total. The van der Waals surface area contributed by atoms with Crippen LogP contribution in [-0.2, 0) is 9.59 Å². The van der Waals surface area contributed by atoms with Gasteiger partial charge in [-0.25, -0.2) is 4.98 Å². The summed E-state index contributed by atoms with van der Waals surface area (Å²) in [4.78, 5) is 34.9. The summed E-state index contributed by atoms with van der Waals surface area (Å²) in [5.74, 6) is 2.38. The van der Waals surface area contributed by atoms with Crippen molar-refractivity contribution in [1.82, 2.24) is 15.2 Å². The SMILES string of the molecule is Cc1ccc(N2CCN(C(C)(C)C(=O)NC3C4CC5CC3CC(C(N)=O)(C5)C4)CC2)nc1. The van der Waals surface area contributed by atoms with Gasteiger partial charge >= 0.3 is 0 Å². The summed E-state index contributed by atoms with van der Waals surface area (Å²) in [5.41, 5.74) is 6.11. The van der Waals surface area contributed by atoms with Crippen LogP contribution in [0, 0.1) is 30.1 Å². The molecule has 174 valence electrons. The van der Waals surface area contributed by atoms with E-state index in [-0.39, 0.29) is 23.3 Å². The predicted octanol–water partition coefficient (Wildman–Crippen LogP) is 2.09. The maximum absolute atomic E-state index is 13.5. The zero-order valence-corrected chi connectivity index (χ0v) is 19.6. The fourth-order valence-electron chi connectivity index (χ4n) is 7.17. The molecule has 1 aromatic rings. The molecular weight excluding hydrogens is 402 g/mol. The molecule has 4 aliphatic carbocycles. The highest BCUT2D eigenvalue weighted by molar-refractivity contribution is 5.86. The monoisotopic (exact) mass is 439 g/mol. The number of nitrogens with two attached hydrogens (primary N) is 1. The number of anilines is 1. The Kier molecular flexibility index (Phi) is 5.23. The number of nitrogens with zero attached hydrogens (tertiary/aromatic N) is 3. The Morgan fingerprint density at radius 2 is 1.75 bits per heavy atom. The molecule has 0 radical (unpaired) electrons. The van der Waals surface area contributed by atoms with E-state index in [9.17, 15) is 9.59 Å². The predicted molar refractivity (Wildman–Crippen MR) is 124 cm³/mol. The van der Waals surface area contributed by atoms with Crippen LogP contribution >= 0.6 is 0 Å². The van der Waals surface area contributed by atoms with Gasteiger partial charge < -0.3 is 16.0 Å². The third-order valence-corrected chi connectivity index (χ3v) is 8.94. The molecule has 2 heterocycles. The van der Waals surface area contributed by atoms with E-state index in [0.29, 0.717) is 17.8 Å². The molecule has 7 heteroatoms. The number of hydrogen-bond donors (Lipinski definition) is 2. The smallest absolute Gasteiger partial charge is 0.240 e. The standard InChI is InChI=1S/C25H37N5O2/c1-16-4-5-20(27-15-16)29-6-8-30(9-7-29)24(2,3)23(32)28-21-18-10-17-11-19(21)14-25(12-17,13-18)22(26)31/h4-5,15,17-19,21H,6-14H2,1-3H3,(H2,26,31)(H,28,32). The molecule has 6 rings (SSSR count). The molecule has 1 saturated heterocycles. The van der Waals surface area contributed by atoms with Crippen LogP contribution in [0.1, 0.15) is 51.5 Å². The number of aromatic nitrogens is 1. The molecule has 0 aromatic carbocycles. The quantitative estimate of drug-likeness (QED) is 0.733. The summed E-state index contributed by atoms with van der Waals surface area (Å²) in [6, 6.07) is 4.36. The van der Waals surface area contributed by atoms with E-state index in [1.807, 2.05) is 27.0 Å². The lowest BCUT2D eigenvalue weighted by Crippen LogP contribution is -2.66. The molecule has 2 unspecified atom stereocenters. The van der Waals surface area contributed by atoms with Crippen LogP contribution < -0.4 is 16.0 Å². The van der Waals surface area contributed by atoms with Gasteiger partial charge in [-0.05, 0) is 82.3 Å². The molecule has 5 fully saturated rings. The van der Waals surface area contributed by atoms with Gasteiger partial charge in [0.15, 0.2) is 0 Å². The second-order valence-corrected chi connectivity index (χ2v) is 11.3. The van der Waals surface area contributed by atoms with Crippen molar-refractivity contribution in [1.29, 1.82) is 0 Å². The number of nitrogens with one attached hydrogen (secondary N) is 1. The van der Waals surface area contributed by atoms with Crippen LogP contribution in [0.3, 0.4) is 0 Å².